The summed E-state index contributed by atoms with van der Waals surface area (Å²) < 4.78 is 0. The summed E-state index contributed by atoms with van der Waals surface area (Å²) in [5.41, 5.74) is 6.30. The number of aryl methyl sites for hydroxylation is 1. The molecule has 0 aromatic carbocycles. The Labute approximate surface area is 115 Å². The van der Waals surface area contributed by atoms with Crippen LogP contribution in [-0.2, 0) is 4.79 Å². The maximum absolute atomic E-state index is 12.0. The van der Waals surface area contributed by atoms with E-state index in [1.54, 1.807) is 0 Å². The van der Waals surface area contributed by atoms with Crippen molar-refractivity contribution in [1.82, 2.24) is 10.6 Å². The van der Waals surface area contributed by atoms with Crippen LogP contribution in [0.3, 0.4) is 0 Å². The van der Waals surface area contributed by atoms with Crippen molar-refractivity contribution >= 4 is 23.2 Å². The van der Waals surface area contributed by atoms with Gasteiger partial charge in [-0.05, 0) is 18.6 Å². The van der Waals surface area contributed by atoms with E-state index in [1.807, 2.05) is 13.0 Å². The number of thiophene rings is 1. The molecule has 19 heavy (non-hydrogen) atoms. The van der Waals surface area contributed by atoms with Crippen molar-refractivity contribution in [1.29, 1.82) is 0 Å². The number of nitrogens with one attached hydrogen (secondary N) is 2. The zero-order chi connectivity index (χ0) is 13.8. The molecule has 0 spiro atoms. The highest BCUT2D eigenvalue weighted by Gasteiger charge is 2.24. The minimum absolute atomic E-state index is 0.0258. The van der Waals surface area contributed by atoms with Crippen LogP contribution < -0.4 is 16.4 Å². The average Bonchev–Trinajstić information content (AvgIpc) is 2.93. The van der Waals surface area contributed by atoms with E-state index in [0.29, 0.717) is 24.4 Å². The van der Waals surface area contributed by atoms with Gasteiger partial charge in [0.05, 0.1) is 22.3 Å². The van der Waals surface area contributed by atoms with Crippen molar-refractivity contribution < 1.29 is 9.59 Å². The zero-order valence-corrected chi connectivity index (χ0v) is 11.4. The molecule has 0 bridgehead atoms. The third-order valence-corrected chi connectivity index (χ3v) is 3.91. The molecule has 1 aliphatic rings. The summed E-state index contributed by atoms with van der Waals surface area (Å²) in [6, 6.07) is 1.69. The van der Waals surface area contributed by atoms with E-state index in [-0.39, 0.29) is 17.9 Å². The summed E-state index contributed by atoms with van der Waals surface area (Å²) in [5, 5.41) is 5.52. The molecule has 1 aromatic rings. The summed E-state index contributed by atoms with van der Waals surface area (Å²) in [7, 11) is 0. The van der Waals surface area contributed by atoms with Crippen LogP contribution in [0.15, 0.2) is 6.07 Å². The Kier molecular flexibility index (Phi) is 4.20. The van der Waals surface area contributed by atoms with Gasteiger partial charge in [0.15, 0.2) is 0 Å². The molecule has 2 amide bonds. The van der Waals surface area contributed by atoms with Crippen molar-refractivity contribution in [3.05, 3.63) is 21.4 Å². The lowest BCUT2D eigenvalue weighted by atomic mass is 10.2. The first-order valence-corrected chi connectivity index (χ1v) is 6.78. The number of hydrogen-bond donors (Lipinski definition) is 3. The van der Waals surface area contributed by atoms with E-state index in [0.717, 1.165) is 10.4 Å². The molecule has 0 aliphatic carbocycles. The fraction of sp³-hybridized carbons (Fsp3) is 0.385. The Balaban J connectivity index is 2.05. The highest BCUT2D eigenvalue weighted by Crippen LogP contribution is 2.21. The summed E-state index contributed by atoms with van der Waals surface area (Å²) in [6.45, 7) is 2.71. The van der Waals surface area contributed by atoms with Crippen LogP contribution in [0.5, 0.6) is 0 Å². The molecule has 1 unspecified atom stereocenters. The van der Waals surface area contributed by atoms with Gasteiger partial charge < -0.3 is 16.4 Å². The molecule has 1 saturated heterocycles. The van der Waals surface area contributed by atoms with Crippen molar-refractivity contribution in [3.8, 4) is 11.8 Å². The number of carbonyl (C=O) groups excluding carboxylic acids is 2. The van der Waals surface area contributed by atoms with Crippen molar-refractivity contribution in [2.45, 2.75) is 19.4 Å². The van der Waals surface area contributed by atoms with E-state index in [4.69, 9.17) is 5.73 Å². The fourth-order valence-corrected chi connectivity index (χ4v) is 2.76. The van der Waals surface area contributed by atoms with Gasteiger partial charge in [0.2, 0.25) is 5.91 Å². The molecule has 1 atom stereocenters. The van der Waals surface area contributed by atoms with E-state index in [9.17, 15) is 9.59 Å². The summed E-state index contributed by atoms with van der Waals surface area (Å²) in [4.78, 5) is 24.6. The van der Waals surface area contributed by atoms with Gasteiger partial charge in [-0.1, -0.05) is 11.8 Å². The largest absolute Gasteiger partial charge is 0.354 e. The number of nitrogens with two attached hydrogens (primary N) is 1. The first kappa shape index (κ1) is 13.6. The molecule has 6 heteroatoms. The van der Waals surface area contributed by atoms with Crippen molar-refractivity contribution in [2.24, 2.45) is 5.73 Å². The molecule has 0 radical (unpaired) electrons. The number of carbonyl (C=O) groups is 2. The lowest BCUT2D eigenvalue weighted by Gasteiger charge is -2.08. The number of amides is 2. The summed E-state index contributed by atoms with van der Waals surface area (Å²) >= 11 is 1.35. The second kappa shape index (κ2) is 5.87. The van der Waals surface area contributed by atoms with Crippen LogP contribution in [0.1, 0.15) is 26.5 Å². The molecular weight excluding hydrogens is 262 g/mol. The first-order chi connectivity index (χ1) is 9.10. The van der Waals surface area contributed by atoms with Crippen LogP contribution in [0, 0.1) is 18.8 Å². The van der Waals surface area contributed by atoms with Gasteiger partial charge >= 0.3 is 0 Å². The molecule has 0 saturated carbocycles. The fourth-order valence-electron chi connectivity index (χ4n) is 1.81. The summed E-state index contributed by atoms with van der Waals surface area (Å²) in [6.07, 6.45) is 0.343. The Morgan fingerprint density at radius 3 is 3.11 bits per heavy atom. The van der Waals surface area contributed by atoms with Crippen molar-refractivity contribution in [3.63, 3.8) is 0 Å². The molecule has 1 aliphatic heterocycles. The van der Waals surface area contributed by atoms with Gasteiger partial charge in [-0.15, -0.1) is 11.3 Å². The van der Waals surface area contributed by atoms with Gasteiger partial charge in [0, 0.05) is 13.0 Å². The number of hydrogen-bond acceptors (Lipinski definition) is 4. The summed E-state index contributed by atoms with van der Waals surface area (Å²) in [5.74, 6) is 5.54. The minimum Gasteiger partial charge on any atom is -0.354 e. The maximum atomic E-state index is 12.0. The third-order valence-electron chi connectivity index (χ3n) is 2.76. The SMILES string of the molecule is Cc1cc(C(=O)NC2CNC(=O)C2)sc1C#CCN. The molecule has 100 valence electrons. The Hall–Kier alpha value is -1.84. The van der Waals surface area contributed by atoms with E-state index in [1.165, 1.54) is 11.3 Å². The Bertz CT molecular complexity index is 568. The van der Waals surface area contributed by atoms with Crippen LogP contribution in [0.4, 0.5) is 0 Å². The van der Waals surface area contributed by atoms with Crippen LogP contribution in [0.25, 0.3) is 0 Å². The lowest BCUT2D eigenvalue weighted by Crippen LogP contribution is -2.35. The zero-order valence-electron chi connectivity index (χ0n) is 10.6. The number of rotatable bonds is 2. The van der Waals surface area contributed by atoms with E-state index >= 15 is 0 Å². The third kappa shape index (κ3) is 3.34. The van der Waals surface area contributed by atoms with Gasteiger partial charge in [-0.3, -0.25) is 9.59 Å². The minimum atomic E-state index is -0.157. The normalized spacial score (nSPS) is 17.6. The second-order valence-corrected chi connectivity index (χ2v) is 5.36. The molecule has 5 nitrogen and oxygen atoms in total. The molecule has 1 fully saturated rings. The molecule has 4 N–H and O–H groups in total. The molecule has 1 aromatic heterocycles. The van der Waals surface area contributed by atoms with Gasteiger partial charge in [-0.25, -0.2) is 0 Å². The topological polar surface area (TPSA) is 84.2 Å². The van der Waals surface area contributed by atoms with Gasteiger partial charge in [0.25, 0.3) is 5.91 Å². The van der Waals surface area contributed by atoms with E-state index < -0.39 is 0 Å². The molecule has 2 rings (SSSR count). The highest BCUT2D eigenvalue weighted by molar-refractivity contribution is 7.14. The van der Waals surface area contributed by atoms with Crippen LogP contribution in [0.2, 0.25) is 0 Å². The smallest absolute Gasteiger partial charge is 0.261 e. The lowest BCUT2D eigenvalue weighted by molar-refractivity contribution is -0.119. The van der Waals surface area contributed by atoms with Gasteiger partial charge in [-0.2, -0.15) is 0 Å². The quantitative estimate of drug-likeness (QED) is 0.665. The second-order valence-electron chi connectivity index (χ2n) is 4.31. The Morgan fingerprint density at radius 2 is 2.47 bits per heavy atom. The van der Waals surface area contributed by atoms with Gasteiger partial charge in [0.1, 0.15) is 0 Å². The predicted octanol–water partition coefficient (Wildman–Crippen LogP) is -0.0150. The first-order valence-electron chi connectivity index (χ1n) is 5.97. The molecule has 2 heterocycles. The van der Waals surface area contributed by atoms with Crippen LogP contribution >= 0.6 is 11.3 Å². The van der Waals surface area contributed by atoms with Crippen LogP contribution in [-0.4, -0.2) is 30.9 Å². The predicted molar refractivity (Wildman–Crippen MR) is 73.9 cm³/mol. The highest BCUT2D eigenvalue weighted by atomic mass is 32.1. The monoisotopic (exact) mass is 277 g/mol. The van der Waals surface area contributed by atoms with E-state index in [2.05, 4.69) is 22.5 Å². The average molecular weight is 277 g/mol. The standard InChI is InChI=1S/C13H15N3O2S/c1-8-5-11(19-10(8)3-2-4-14)13(18)16-9-6-12(17)15-7-9/h5,9H,4,6-7,14H2,1H3,(H,15,17)(H,16,18). The Morgan fingerprint density at radius 1 is 1.68 bits per heavy atom. The van der Waals surface area contributed by atoms with Crippen molar-refractivity contribution in [2.75, 3.05) is 13.1 Å². The maximum Gasteiger partial charge on any atom is 0.261 e. The molecular formula is C13H15N3O2S.